The average molecular weight is 346 g/mol. The van der Waals surface area contributed by atoms with E-state index >= 15 is 0 Å². The third-order valence-electron chi connectivity index (χ3n) is 3.52. The molecule has 0 saturated heterocycles. The molecule has 0 spiro atoms. The van der Waals surface area contributed by atoms with Gasteiger partial charge in [0, 0.05) is 18.1 Å². The maximum atomic E-state index is 12.5. The lowest BCUT2D eigenvalue weighted by atomic mass is 10.2. The molecule has 0 bridgehead atoms. The summed E-state index contributed by atoms with van der Waals surface area (Å²) in [5, 5.41) is 4.30. The molecule has 0 aliphatic carbocycles. The van der Waals surface area contributed by atoms with Crippen LogP contribution in [-0.4, -0.2) is 32.6 Å². The highest BCUT2D eigenvalue weighted by molar-refractivity contribution is 7.11. The second-order valence-electron chi connectivity index (χ2n) is 5.26. The number of halogens is 3. The number of aromatic nitrogens is 3. The van der Waals surface area contributed by atoms with Gasteiger partial charge in [0.05, 0.1) is 16.7 Å². The van der Waals surface area contributed by atoms with E-state index < -0.39 is 11.9 Å². The Morgan fingerprint density at radius 3 is 2.57 bits per heavy atom. The fourth-order valence-electron chi connectivity index (χ4n) is 2.18. The molecular weight excluding hydrogens is 329 g/mol. The summed E-state index contributed by atoms with van der Waals surface area (Å²) >= 11 is 1.51. The normalized spacial score (nSPS) is 13.2. The van der Waals surface area contributed by atoms with E-state index in [1.807, 2.05) is 20.8 Å². The predicted molar refractivity (Wildman–Crippen MR) is 80.0 cm³/mol. The van der Waals surface area contributed by atoms with Crippen molar-refractivity contribution in [1.82, 2.24) is 19.7 Å². The lowest BCUT2D eigenvalue weighted by Gasteiger charge is -2.24. The Balaban J connectivity index is 2.08. The molecule has 0 aromatic carbocycles. The second-order valence-corrected chi connectivity index (χ2v) is 6.49. The molecule has 2 aromatic rings. The minimum absolute atomic E-state index is 0.202. The number of carbonyl (C=O) groups excluding carboxylic acids is 1. The van der Waals surface area contributed by atoms with E-state index in [1.54, 1.807) is 7.05 Å². The average Bonchev–Trinajstić information content (AvgIpc) is 3.03. The lowest BCUT2D eigenvalue weighted by Crippen LogP contribution is -2.32. The zero-order valence-electron chi connectivity index (χ0n) is 13.2. The first-order valence-electron chi connectivity index (χ1n) is 6.90. The van der Waals surface area contributed by atoms with Gasteiger partial charge in [0.2, 0.25) is 5.91 Å². The molecule has 23 heavy (non-hydrogen) atoms. The first-order valence-corrected chi connectivity index (χ1v) is 7.71. The Morgan fingerprint density at radius 1 is 1.43 bits per heavy atom. The largest absolute Gasteiger partial charge is 0.435 e. The van der Waals surface area contributed by atoms with Crippen molar-refractivity contribution in [2.24, 2.45) is 0 Å². The maximum Gasteiger partial charge on any atom is 0.435 e. The summed E-state index contributed by atoms with van der Waals surface area (Å²) in [4.78, 5) is 19.1. The summed E-state index contributed by atoms with van der Waals surface area (Å²) in [5.41, 5.74) is -0.145. The van der Waals surface area contributed by atoms with Crippen molar-refractivity contribution < 1.29 is 18.0 Å². The van der Waals surface area contributed by atoms with E-state index in [0.29, 0.717) is 0 Å². The van der Waals surface area contributed by atoms with Crippen LogP contribution < -0.4 is 0 Å². The molecule has 0 saturated carbocycles. The minimum Gasteiger partial charge on any atom is -0.337 e. The molecule has 0 fully saturated rings. The number of hydrogen-bond acceptors (Lipinski definition) is 4. The van der Waals surface area contributed by atoms with Crippen LogP contribution in [0.2, 0.25) is 0 Å². The molecule has 0 radical (unpaired) electrons. The minimum atomic E-state index is -4.51. The SMILES string of the molecule is Cc1nc(C)c(C(C)N(C)C(=O)Cn2ccc(C(F)(F)F)n2)s1. The van der Waals surface area contributed by atoms with Gasteiger partial charge >= 0.3 is 6.18 Å². The van der Waals surface area contributed by atoms with E-state index in [2.05, 4.69) is 10.1 Å². The highest BCUT2D eigenvalue weighted by Gasteiger charge is 2.33. The monoisotopic (exact) mass is 346 g/mol. The molecule has 2 rings (SSSR count). The van der Waals surface area contributed by atoms with Crippen LogP contribution in [-0.2, 0) is 17.5 Å². The first kappa shape index (κ1) is 17.5. The molecule has 0 aliphatic heterocycles. The summed E-state index contributed by atoms with van der Waals surface area (Å²) in [6.07, 6.45) is -3.36. The van der Waals surface area contributed by atoms with Crippen molar-refractivity contribution >= 4 is 17.2 Å². The summed E-state index contributed by atoms with van der Waals surface area (Å²) in [6, 6.07) is 0.652. The predicted octanol–water partition coefficient (Wildman–Crippen LogP) is 3.19. The van der Waals surface area contributed by atoms with Gasteiger partial charge in [0.1, 0.15) is 6.54 Å². The van der Waals surface area contributed by atoms with Crippen molar-refractivity contribution in [2.45, 2.75) is 39.5 Å². The number of amides is 1. The molecule has 0 aliphatic rings. The van der Waals surface area contributed by atoms with Crippen LogP contribution in [0.4, 0.5) is 13.2 Å². The lowest BCUT2D eigenvalue weighted by molar-refractivity contribution is -0.142. The summed E-state index contributed by atoms with van der Waals surface area (Å²) < 4.78 is 38.5. The van der Waals surface area contributed by atoms with Gasteiger partial charge in [-0.1, -0.05) is 0 Å². The summed E-state index contributed by atoms with van der Waals surface area (Å²) in [5.74, 6) is -0.320. The van der Waals surface area contributed by atoms with Crippen LogP contribution in [0.15, 0.2) is 12.3 Å². The zero-order chi connectivity index (χ0) is 17.4. The third kappa shape index (κ3) is 3.90. The number of likely N-dealkylation sites (N-methyl/N-ethyl adjacent to an activating group) is 1. The van der Waals surface area contributed by atoms with Gasteiger partial charge in [0.25, 0.3) is 0 Å². The summed E-state index contributed by atoms with van der Waals surface area (Å²) in [6.45, 7) is 5.38. The van der Waals surface area contributed by atoms with Crippen LogP contribution >= 0.6 is 11.3 Å². The first-order chi connectivity index (χ1) is 10.6. The van der Waals surface area contributed by atoms with Crippen LogP contribution in [0, 0.1) is 13.8 Å². The van der Waals surface area contributed by atoms with Gasteiger partial charge in [-0.3, -0.25) is 9.48 Å². The molecule has 9 heteroatoms. The van der Waals surface area contributed by atoms with E-state index in [4.69, 9.17) is 0 Å². The second kappa shape index (κ2) is 6.31. The number of aryl methyl sites for hydroxylation is 2. The van der Waals surface area contributed by atoms with Crippen molar-refractivity contribution in [2.75, 3.05) is 7.05 Å². The Morgan fingerprint density at radius 2 is 2.09 bits per heavy atom. The van der Waals surface area contributed by atoms with Crippen molar-refractivity contribution in [3.05, 3.63) is 33.5 Å². The Kier molecular flexibility index (Phi) is 4.79. The number of thiazole rings is 1. The molecule has 1 amide bonds. The number of alkyl halides is 3. The van der Waals surface area contributed by atoms with E-state index in [-0.39, 0.29) is 18.5 Å². The van der Waals surface area contributed by atoms with Gasteiger partial charge < -0.3 is 4.90 Å². The van der Waals surface area contributed by atoms with Crippen molar-refractivity contribution in [3.63, 3.8) is 0 Å². The topological polar surface area (TPSA) is 51.0 Å². The smallest absolute Gasteiger partial charge is 0.337 e. The van der Waals surface area contributed by atoms with Crippen LogP contribution in [0.1, 0.15) is 34.2 Å². The highest BCUT2D eigenvalue weighted by Crippen LogP contribution is 2.29. The quantitative estimate of drug-likeness (QED) is 0.854. The standard InChI is InChI=1S/C14H17F3N4OS/c1-8-13(23-10(3)18-8)9(2)20(4)12(22)7-21-6-5-11(19-21)14(15,16)17/h5-6,9H,7H2,1-4H3. The molecule has 1 atom stereocenters. The highest BCUT2D eigenvalue weighted by atomic mass is 32.1. The molecule has 2 heterocycles. The fraction of sp³-hybridized carbons (Fsp3) is 0.500. The molecule has 0 N–H and O–H groups in total. The van der Waals surface area contributed by atoms with Crippen LogP contribution in [0.5, 0.6) is 0 Å². The Labute approximate surface area is 135 Å². The molecular formula is C14H17F3N4OS. The third-order valence-corrected chi connectivity index (χ3v) is 4.76. The summed E-state index contributed by atoms with van der Waals surface area (Å²) in [7, 11) is 1.62. The number of hydrogen-bond donors (Lipinski definition) is 0. The van der Waals surface area contributed by atoms with Crippen molar-refractivity contribution in [1.29, 1.82) is 0 Å². The number of nitrogens with zero attached hydrogens (tertiary/aromatic N) is 4. The van der Waals surface area contributed by atoms with E-state index in [9.17, 15) is 18.0 Å². The Bertz CT molecular complexity index is 707. The van der Waals surface area contributed by atoms with Gasteiger partial charge in [-0.25, -0.2) is 4.98 Å². The number of rotatable bonds is 4. The zero-order valence-corrected chi connectivity index (χ0v) is 14.0. The van der Waals surface area contributed by atoms with Gasteiger partial charge in [-0.2, -0.15) is 18.3 Å². The molecule has 1 unspecified atom stereocenters. The molecule has 126 valence electrons. The van der Waals surface area contributed by atoms with Crippen LogP contribution in [0.25, 0.3) is 0 Å². The molecule has 2 aromatic heterocycles. The van der Waals surface area contributed by atoms with E-state index in [1.165, 1.54) is 16.2 Å². The van der Waals surface area contributed by atoms with Gasteiger partial charge in [0.15, 0.2) is 5.69 Å². The maximum absolute atomic E-state index is 12.5. The van der Waals surface area contributed by atoms with E-state index in [0.717, 1.165) is 32.5 Å². The van der Waals surface area contributed by atoms with Crippen molar-refractivity contribution in [3.8, 4) is 0 Å². The van der Waals surface area contributed by atoms with Crippen LogP contribution in [0.3, 0.4) is 0 Å². The number of carbonyl (C=O) groups is 1. The Hall–Kier alpha value is -1.90. The fourth-order valence-corrected chi connectivity index (χ4v) is 3.20. The van der Waals surface area contributed by atoms with Gasteiger partial charge in [-0.05, 0) is 26.8 Å². The van der Waals surface area contributed by atoms with Gasteiger partial charge in [-0.15, -0.1) is 11.3 Å². The molecule has 5 nitrogen and oxygen atoms in total.